The second kappa shape index (κ2) is 8.72. The molecular weight excluding hydrogens is 195 g/mol. The Morgan fingerprint density at radius 2 is 1.75 bits per heavy atom. The lowest BCUT2D eigenvalue weighted by Crippen LogP contribution is -1.95. The molecule has 82 valence electrons. The number of benzene rings is 1. The SMILES string of the molecule is CC.[B]C(=O)C(C)=CC=Cc1ccccc1. The molecule has 1 aromatic carbocycles. The monoisotopic (exact) mass is 212 g/mol. The van der Waals surface area contributed by atoms with Crippen LogP contribution in [-0.4, -0.2) is 13.5 Å². The number of hydrogen-bond donors (Lipinski definition) is 0. The molecular formula is C14H17BO. The minimum atomic E-state index is -0.386. The van der Waals surface area contributed by atoms with Crippen LogP contribution < -0.4 is 0 Å². The number of carbonyl (C=O) groups excluding carboxylic acids is 1. The van der Waals surface area contributed by atoms with Crippen molar-refractivity contribution in [2.45, 2.75) is 20.8 Å². The van der Waals surface area contributed by atoms with E-state index in [0.29, 0.717) is 5.57 Å². The summed E-state index contributed by atoms with van der Waals surface area (Å²) in [7, 11) is 5.07. The van der Waals surface area contributed by atoms with Gasteiger partial charge in [-0.1, -0.05) is 62.4 Å². The highest BCUT2D eigenvalue weighted by molar-refractivity contribution is 6.62. The van der Waals surface area contributed by atoms with E-state index in [2.05, 4.69) is 0 Å². The lowest BCUT2D eigenvalue weighted by Gasteiger charge is -1.91. The maximum absolute atomic E-state index is 10.7. The second-order valence-electron chi connectivity index (χ2n) is 2.98. The topological polar surface area (TPSA) is 17.1 Å². The molecule has 0 saturated carbocycles. The standard InChI is InChI=1S/C12H11BO.C2H6/c1-10(12(13)14)6-5-9-11-7-3-2-4-8-11;1-2/h2-9H,1H3;1-2H3. The van der Waals surface area contributed by atoms with E-state index < -0.39 is 0 Å². The Balaban J connectivity index is 0.00000106. The van der Waals surface area contributed by atoms with Gasteiger partial charge in [-0.15, -0.1) is 0 Å². The van der Waals surface area contributed by atoms with Crippen LogP contribution in [0.4, 0.5) is 0 Å². The first-order valence-electron chi connectivity index (χ1n) is 5.40. The van der Waals surface area contributed by atoms with Crippen LogP contribution in [0.1, 0.15) is 26.3 Å². The van der Waals surface area contributed by atoms with Crippen LogP contribution in [0.5, 0.6) is 0 Å². The van der Waals surface area contributed by atoms with Crippen molar-refractivity contribution >= 4 is 19.6 Å². The normalized spacial score (nSPS) is 10.8. The molecule has 0 bridgehead atoms. The van der Waals surface area contributed by atoms with Crippen LogP contribution >= 0.6 is 0 Å². The number of rotatable bonds is 3. The van der Waals surface area contributed by atoms with E-state index in [1.165, 1.54) is 0 Å². The Morgan fingerprint density at radius 3 is 2.25 bits per heavy atom. The number of hydrogen-bond acceptors (Lipinski definition) is 1. The maximum atomic E-state index is 10.7. The maximum Gasteiger partial charge on any atom is 0.174 e. The quantitative estimate of drug-likeness (QED) is 0.426. The molecule has 0 aliphatic carbocycles. The molecule has 1 nitrogen and oxygen atoms in total. The molecule has 0 spiro atoms. The van der Waals surface area contributed by atoms with Gasteiger partial charge in [0.05, 0.1) is 0 Å². The van der Waals surface area contributed by atoms with Crippen molar-refractivity contribution in [3.8, 4) is 0 Å². The van der Waals surface area contributed by atoms with Gasteiger partial charge in [-0.25, -0.2) is 0 Å². The van der Waals surface area contributed by atoms with Gasteiger partial charge in [0.15, 0.2) is 7.85 Å². The van der Waals surface area contributed by atoms with Crippen molar-refractivity contribution < 1.29 is 4.79 Å². The van der Waals surface area contributed by atoms with Crippen molar-refractivity contribution in [2.24, 2.45) is 0 Å². The Bertz CT molecular complexity index is 364. The fourth-order valence-corrected chi connectivity index (χ4v) is 0.950. The minimum Gasteiger partial charge on any atom is -0.308 e. The summed E-state index contributed by atoms with van der Waals surface area (Å²) < 4.78 is 0. The summed E-state index contributed by atoms with van der Waals surface area (Å²) >= 11 is 0. The molecule has 0 atom stereocenters. The zero-order valence-electron chi connectivity index (χ0n) is 10.1. The highest BCUT2D eigenvalue weighted by atomic mass is 16.1. The molecule has 1 aromatic rings. The van der Waals surface area contributed by atoms with Crippen LogP contribution in [0, 0.1) is 0 Å². The van der Waals surface area contributed by atoms with Gasteiger partial charge in [0.1, 0.15) is 5.68 Å². The molecule has 2 heteroatoms. The van der Waals surface area contributed by atoms with Crippen molar-refractivity contribution in [3.63, 3.8) is 0 Å². The zero-order valence-corrected chi connectivity index (χ0v) is 10.1. The molecule has 0 N–H and O–H groups in total. The summed E-state index contributed by atoms with van der Waals surface area (Å²) in [4.78, 5) is 10.7. The zero-order chi connectivity index (χ0) is 12.4. The summed E-state index contributed by atoms with van der Waals surface area (Å²) in [5.74, 6) is 0. The molecule has 0 unspecified atom stereocenters. The number of allylic oxidation sites excluding steroid dienone is 3. The Hall–Kier alpha value is -1.57. The third-order valence-corrected chi connectivity index (χ3v) is 1.82. The third-order valence-electron chi connectivity index (χ3n) is 1.82. The molecule has 16 heavy (non-hydrogen) atoms. The van der Waals surface area contributed by atoms with Crippen molar-refractivity contribution in [1.29, 1.82) is 0 Å². The van der Waals surface area contributed by atoms with Crippen LogP contribution in [0.3, 0.4) is 0 Å². The van der Waals surface area contributed by atoms with Crippen LogP contribution in [-0.2, 0) is 4.79 Å². The van der Waals surface area contributed by atoms with Gasteiger partial charge in [0.2, 0.25) is 0 Å². The van der Waals surface area contributed by atoms with E-state index in [0.717, 1.165) is 5.56 Å². The van der Waals surface area contributed by atoms with Crippen LogP contribution in [0.25, 0.3) is 6.08 Å². The molecule has 0 heterocycles. The van der Waals surface area contributed by atoms with E-state index in [1.807, 2.05) is 56.3 Å². The molecule has 0 aliphatic rings. The summed E-state index contributed by atoms with van der Waals surface area (Å²) in [6.07, 6.45) is 5.44. The molecule has 0 fully saturated rings. The lowest BCUT2D eigenvalue weighted by molar-refractivity contribution is -0.108. The molecule has 0 saturated heterocycles. The van der Waals surface area contributed by atoms with E-state index in [1.54, 1.807) is 13.0 Å². The van der Waals surface area contributed by atoms with Gasteiger partial charge < -0.3 is 4.79 Å². The van der Waals surface area contributed by atoms with Crippen molar-refractivity contribution in [1.82, 2.24) is 0 Å². The molecule has 0 aliphatic heterocycles. The van der Waals surface area contributed by atoms with Gasteiger partial charge in [0, 0.05) is 0 Å². The van der Waals surface area contributed by atoms with Crippen LogP contribution in [0.15, 0.2) is 48.1 Å². The molecule has 0 amide bonds. The first-order valence-corrected chi connectivity index (χ1v) is 5.40. The Kier molecular flexibility index (Phi) is 7.87. The van der Waals surface area contributed by atoms with E-state index in [4.69, 9.17) is 7.85 Å². The van der Waals surface area contributed by atoms with Gasteiger partial charge in [-0.3, -0.25) is 0 Å². The highest BCUT2D eigenvalue weighted by Gasteiger charge is 1.91. The van der Waals surface area contributed by atoms with E-state index in [9.17, 15) is 4.79 Å². The predicted molar refractivity (Wildman–Crippen MR) is 71.3 cm³/mol. The minimum absolute atomic E-state index is 0.386. The fourth-order valence-electron chi connectivity index (χ4n) is 0.950. The smallest absolute Gasteiger partial charge is 0.174 e. The van der Waals surface area contributed by atoms with Gasteiger partial charge in [0.25, 0.3) is 0 Å². The third kappa shape index (κ3) is 6.02. The molecule has 0 aromatic heterocycles. The average molecular weight is 212 g/mol. The molecule has 1 rings (SSSR count). The van der Waals surface area contributed by atoms with Gasteiger partial charge in [-0.05, 0) is 18.1 Å². The second-order valence-corrected chi connectivity index (χ2v) is 2.98. The summed E-state index contributed by atoms with van der Waals surface area (Å²) in [5, 5.41) is 0. The van der Waals surface area contributed by atoms with Gasteiger partial charge >= 0.3 is 0 Å². The summed E-state index contributed by atoms with van der Waals surface area (Å²) in [5.41, 5.74) is 1.26. The number of carbonyl (C=O) groups is 1. The highest BCUT2D eigenvalue weighted by Crippen LogP contribution is 2.02. The van der Waals surface area contributed by atoms with Crippen molar-refractivity contribution in [2.75, 3.05) is 0 Å². The van der Waals surface area contributed by atoms with E-state index >= 15 is 0 Å². The Labute approximate surface area is 99.3 Å². The summed E-state index contributed by atoms with van der Waals surface area (Å²) in [6, 6.07) is 9.87. The Morgan fingerprint density at radius 1 is 1.19 bits per heavy atom. The fraction of sp³-hybridized carbons (Fsp3) is 0.214. The van der Waals surface area contributed by atoms with E-state index in [-0.39, 0.29) is 5.68 Å². The summed E-state index contributed by atoms with van der Waals surface area (Å²) in [6.45, 7) is 5.69. The van der Waals surface area contributed by atoms with Gasteiger partial charge in [-0.2, -0.15) is 0 Å². The lowest BCUT2D eigenvalue weighted by atomic mass is 9.95. The largest absolute Gasteiger partial charge is 0.308 e. The van der Waals surface area contributed by atoms with Crippen LogP contribution in [0.2, 0.25) is 0 Å². The predicted octanol–water partition coefficient (Wildman–Crippen LogP) is 3.37. The first kappa shape index (κ1) is 14.4. The first-order chi connectivity index (χ1) is 7.70. The molecule has 2 radical (unpaired) electrons. The average Bonchev–Trinajstić information content (AvgIpc) is 2.33. The van der Waals surface area contributed by atoms with Crippen molar-refractivity contribution in [3.05, 3.63) is 53.6 Å².